The van der Waals surface area contributed by atoms with Gasteiger partial charge in [0.2, 0.25) is 5.90 Å². The third-order valence-electron chi connectivity index (χ3n) is 6.02. The van der Waals surface area contributed by atoms with E-state index >= 15 is 0 Å². The van der Waals surface area contributed by atoms with Crippen LogP contribution in [-0.2, 0) is 22.5 Å². The molecular weight excluding hydrogens is 466 g/mol. The Morgan fingerprint density at radius 3 is 2.42 bits per heavy atom. The Bertz CT molecular complexity index is 1200. The van der Waals surface area contributed by atoms with E-state index in [-0.39, 0.29) is 19.6 Å². The van der Waals surface area contributed by atoms with Crippen molar-refractivity contribution < 1.29 is 28.2 Å². The van der Waals surface area contributed by atoms with Gasteiger partial charge in [0.25, 0.3) is 5.91 Å². The van der Waals surface area contributed by atoms with E-state index in [9.17, 15) is 13.6 Å². The van der Waals surface area contributed by atoms with Crippen LogP contribution < -0.4 is 10.1 Å². The Labute approximate surface area is 208 Å². The zero-order valence-electron chi connectivity index (χ0n) is 19.9. The quantitative estimate of drug-likeness (QED) is 0.415. The molecule has 188 valence electrons. The Kier molecular flexibility index (Phi) is 7.95. The lowest BCUT2D eigenvalue weighted by atomic mass is 9.86. The molecule has 1 aliphatic heterocycles. The summed E-state index contributed by atoms with van der Waals surface area (Å²) in [7, 11) is 0. The fraction of sp³-hybridized carbons (Fsp3) is 0.286. The van der Waals surface area contributed by atoms with Gasteiger partial charge < -0.3 is 19.9 Å². The van der Waals surface area contributed by atoms with Gasteiger partial charge in [-0.1, -0.05) is 30.3 Å². The molecule has 0 spiro atoms. The summed E-state index contributed by atoms with van der Waals surface area (Å²) in [6, 6.07) is 19.8. The van der Waals surface area contributed by atoms with Crippen LogP contribution in [0.15, 0.2) is 77.8 Å². The molecule has 36 heavy (non-hydrogen) atoms. The molecule has 0 saturated carbocycles. The van der Waals surface area contributed by atoms with Gasteiger partial charge in [-0.15, -0.1) is 0 Å². The van der Waals surface area contributed by atoms with E-state index in [0.29, 0.717) is 35.8 Å². The second kappa shape index (κ2) is 11.3. The van der Waals surface area contributed by atoms with Crippen molar-refractivity contribution in [2.24, 2.45) is 4.99 Å². The molecule has 6 nitrogen and oxygen atoms in total. The molecule has 2 N–H and O–H groups in total. The number of aliphatic hydroxyl groups excluding tert-OH is 1. The lowest BCUT2D eigenvalue weighted by molar-refractivity contribution is -0.128. The van der Waals surface area contributed by atoms with Crippen LogP contribution in [-0.4, -0.2) is 41.8 Å². The maximum Gasteiger partial charge on any atom is 0.252 e. The molecule has 0 aliphatic carbocycles. The van der Waals surface area contributed by atoms with Gasteiger partial charge in [-0.2, -0.15) is 0 Å². The molecule has 0 aromatic heterocycles. The van der Waals surface area contributed by atoms with Crippen LogP contribution in [0.4, 0.5) is 8.78 Å². The largest absolute Gasteiger partial charge is 0.494 e. The van der Waals surface area contributed by atoms with E-state index in [2.05, 4.69) is 5.32 Å². The van der Waals surface area contributed by atoms with Crippen LogP contribution in [0.25, 0.3) is 0 Å². The Hall–Kier alpha value is -3.78. The first-order valence-corrected chi connectivity index (χ1v) is 11.8. The molecule has 4 rings (SSSR count). The van der Waals surface area contributed by atoms with Crippen molar-refractivity contribution in [3.05, 3.63) is 101 Å². The molecule has 1 aliphatic rings. The number of rotatable bonds is 10. The number of carbonyl (C=O) groups is 1. The zero-order chi connectivity index (χ0) is 25.5. The Balaban J connectivity index is 1.59. The monoisotopic (exact) mass is 494 g/mol. The minimum Gasteiger partial charge on any atom is -0.494 e. The molecule has 2 atom stereocenters. The summed E-state index contributed by atoms with van der Waals surface area (Å²) in [4.78, 5) is 18.4. The molecule has 0 bridgehead atoms. The van der Waals surface area contributed by atoms with Gasteiger partial charge in [-0.25, -0.2) is 13.8 Å². The summed E-state index contributed by atoms with van der Waals surface area (Å²) in [5.74, 6) is -0.843. The second-order valence-electron chi connectivity index (χ2n) is 8.67. The van der Waals surface area contributed by atoms with Crippen molar-refractivity contribution in [1.82, 2.24) is 5.32 Å². The number of nitrogens with zero attached hydrogens (tertiary/aromatic N) is 1. The highest BCUT2D eigenvalue weighted by Gasteiger charge is 2.50. The van der Waals surface area contributed by atoms with Gasteiger partial charge in [-0.3, -0.25) is 4.79 Å². The number of carbonyl (C=O) groups excluding carboxylic acids is 1. The highest BCUT2D eigenvalue weighted by Crippen LogP contribution is 2.33. The average molecular weight is 495 g/mol. The standard InChI is InChI=1S/C28H28F2N2O4/c1-19-28(17-20-6-3-2-4-7-20,27(34)31-18-21-14-23(29)16-24(30)15-21)32-26(36-19)22-8-10-25(11-9-22)35-13-5-12-33/h2-4,6-11,14-16,19,33H,5,12-13,17-18H2,1H3,(H,31,34)/t19-,28-/m1/s1. The second-order valence-corrected chi connectivity index (χ2v) is 8.67. The molecular formula is C28H28F2N2O4. The van der Waals surface area contributed by atoms with Crippen LogP contribution in [0.2, 0.25) is 0 Å². The van der Waals surface area contributed by atoms with Gasteiger partial charge in [-0.05, 0) is 54.4 Å². The number of ether oxygens (including phenoxy) is 2. The first-order valence-electron chi connectivity index (χ1n) is 11.8. The molecule has 1 heterocycles. The number of hydrogen-bond donors (Lipinski definition) is 2. The van der Waals surface area contributed by atoms with Gasteiger partial charge >= 0.3 is 0 Å². The number of hydrogen-bond acceptors (Lipinski definition) is 5. The number of halogens is 2. The van der Waals surface area contributed by atoms with Gasteiger partial charge in [0.1, 0.15) is 23.5 Å². The molecule has 1 amide bonds. The van der Waals surface area contributed by atoms with E-state index in [0.717, 1.165) is 11.6 Å². The number of benzene rings is 3. The maximum absolute atomic E-state index is 13.6. The van der Waals surface area contributed by atoms with E-state index < -0.39 is 29.2 Å². The minimum atomic E-state index is -1.28. The average Bonchev–Trinajstić information content (AvgIpc) is 3.20. The SMILES string of the molecule is C[C@H]1OC(c2ccc(OCCCO)cc2)=N[C@@]1(Cc1ccccc1)C(=O)NCc1cc(F)cc(F)c1. The van der Waals surface area contributed by atoms with Crippen molar-refractivity contribution in [3.8, 4) is 5.75 Å². The van der Waals surface area contributed by atoms with Crippen LogP contribution in [0.5, 0.6) is 5.75 Å². The van der Waals surface area contributed by atoms with Crippen LogP contribution in [0.3, 0.4) is 0 Å². The lowest BCUT2D eigenvalue weighted by Crippen LogP contribution is -2.52. The summed E-state index contributed by atoms with van der Waals surface area (Å²) in [6.07, 6.45) is 0.219. The molecule has 0 fully saturated rings. The number of aliphatic hydroxyl groups is 1. The smallest absolute Gasteiger partial charge is 0.252 e. The predicted octanol–water partition coefficient (Wildman–Crippen LogP) is 4.19. The van der Waals surface area contributed by atoms with Crippen LogP contribution >= 0.6 is 0 Å². The Morgan fingerprint density at radius 2 is 1.75 bits per heavy atom. The zero-order valence-corrected chi connectivity index (χ0v) is 19.9. The molecule has 0 saturated heterocycles. The van der Waals surface area contributed by atoms with Gasteiger partial charge in [0, 0.05) is 37.6 Å². The van der Waals surface area contributed by atoms with Crippen molar-refractivity contribution in [2.75, 3.05) is 13.2 Å². The summed E-state index contributed by atoms with van der Waals surface area (Å²) in [6.45, 7) is 2.19. The van der Waals surface area contributed by atoms with Crippen molar-refractivity contribution in [3.63, 3.8) is 0 Å². The molecule has 3 aromatic rings. The number of nitrogens with one attached hydrogen (secondary N) is 1. The summed E-state index contributed by atoms with van der Waals surface area (Å²) < 4.78 is 38.9. The highest BCUT2D eigenvalue weighted by molar-refractivity contribution is 6.00. The maximum atomic E-state index is 13.6. The molecule has 0 unspecified atom stereocenters. The first-order chi connectivity index (χ1) is 17.4. The topological polar surface area (TPSA) is 80.2 Å². The highest BCUT2D eigenvalue weighted by atomic mass is 19.1. The third kappa shape index (κ3) is 5.88. The van der Waals surface area contributed by atoms with Gasteiger partial charge in [0.15, 0.2) is 5.54 Å². The first kappa shape index (κ1) is 25.3. The van der Waals surface area contributed by atoms with E-state index in [1.165, 1.54) is 12.1 Å². The summed E-state index contributed by atoms with van der Waals surface area (Å²) >= 11 is 0. The van der Waals surface area contributed by atoms with E-state index in [1.54, 1.807) is 31.2 Å². The van der Waals surface area contributed by atoms with Crippen molar-refractivity contribution in [1.29, 1.82) is 0 Å². The third-order valence-corrected chi connectivity index (χ3v) is 6.02. The molecule has 0 radical (unpaired) electrons. The fourth-order valence-corrected chi connectivity index (χ4v) is 4.10. The number of aliphatic imine (C=N–C) groups is 1. The van der Waals surface area contributed by atoms with E-state index in [1.807, 2.05) is 30.3 Å². The number of amides is 1. The lowest BCUT2D eigenvalue weighted by Gasteiger charge is -2.28. The predicted molar refractivity (Wildman–Crippen MR) is 132 cm³/mol. The summed E-state index contributed by atoms with van der Waals surface area (Å²) in [5, 5.41) is 11.7. The van der Waals surface area contributed by atoms with Crippen LogP contribution in [0.1, 0.15) is 30.0 Å². The normalized spacial score (nSPS) is 18.9. The molecule has 3 aromatic carbocycles. The summed E-state index contributed by atoms with van der Waals surface area (Å²) in [5.41, 5.74) is 0.617. The fourth-order valence-electron chi connectivity index (χ4n) is 4.10. The van der Waals surface area contributed by atoms with Crippen molar-refractivity contribution >= 4 is 11.8 Å². The molecule has 8 heteroatoms. The van der Waals surface area contributed by atoms with Crippen LogP contribution in [0, 0.1) is 11.6 Å². The van der Waals surface area contributed by atoms with Crippen molar-refractivity contribution in [2.45, 2.75) is 38.0 Å². The van der Waals surface area contributed by atoms with E-state index in [4.69, 9.17) is 19.6 Å². The minimum absolute atomic E-state index is 0.0541. The van der Waals surface area contributed by atoms with Gasteiger partial charge in [0.05, 0.1) is 6.61 Å². The Morgan fingerprint density at radius 1 is 1.06 bits per heavy atom.